The summed E-state index contributed by atoms with van der Waals surface area (Å²) in [6.45, 7) is 5.13. The lowest BCUT2D eigenvalue weighted by molar-refractivity contribution is -0.121. The third-order valence-corrected chi connectivity index (χ3v) is 7.80. The second kappa shape index (κ2) is 9.08. The van der Waals surface area contributed by atoms with Gasteiger partial charge in [-0.2, -0.15) is 9.29 Å². The Morgan fingerprint density at radius 2 is 1.84 bits per heavy atom. The molecule has 0 bridgehead atoms. The van der Waals surface area contributed by atoms with E-state index in [1.165, 1.54) is 0 Å². The summed E-state index contributed by atoms with van der Waals surface area (Å²) in [6, 6.07) is 6.24. The Bertz CT molecular complexity index is 1010. The van der Waals surface area contributed by atoms with Crippen LogP contribution in [0.5, 0.6) is 0 Å². The van der Waals surface area contributed by atoms with Gasteiger partial charge >= 0.3 is 0 Å². The van der Waals surface area contributed by atoms with Gasteiger partial charge in [0.25, 0.3) is 0 Å². The van der Waals surface area contributed by atoms with Crippen LogP contribution in [0.15, 0.2) is 33.7 Å². The molecule has 0 spiro atoms. The summed E-state index contributed by atoms with van der Waals surface area (Å²) in [5, 5.41) is 7.03. The standard InChI is InChI=1S/C22H30N4O4S/c1-15(2)20(22-24-21(25-30-22)17-8-9-17)23-19(27)14-16-6-10-18(11-7-16)31(28,29)26-12-4-3-5-13-26/h6-7,10-11,15,17,20H,3-5,8-9,12-14H2,1-2H3,(H,23,27). The smallest absolute Gasteiger partial charge is 0.249 e. The maximum atomic E-state index is 12.8. The van der Waals surface area contributed by atoms with Crippen LogP contribution in [0.25, 0.3) is 0 Å². The molecule has 1 saturated carbocycles. The molecule has 4 rings (SSSR count). The second-order valence-corrected chi connectivity index (χ2v) is 10.8. The summed E-state index contributed by atoms with van der Waals surface area (Å²) in [7, 11) is -3.47. The highest BCUT2D eigenvalue weighted by Gasteiger charge is 2.31. The van der Waals surface area contributed by atoms with Crippen molar-refractivity contribution in [3.63, 3.8) is 0 Å². The molecular weight excluding hydrogens is 416 g/mol. The fourth-order valence-corrected chi connectivity index (χ4v) is 5.36. The lowest BCUT2D eigenvalue weighted by Gasteiger charge is -2.25. The quantitative estimate of drug-likeness (QED) is 0.668. The lowest BCUT2D eigenvalue weighted by Crippen LogP contribution is -2.35. The van der Waals surface area contributed by atoms with E-state index < -0.39 is 10.0 Å². The van der Waals surface area contributed by atoms with Crippen LogP contribution in [-0.4, -0.2) is 41.9 Å². The number of rotatable bonds is 8. The minimum atomic E-state index is -3.47. The van der Waals surface area contributed by atoms with Gasteiger partial charge in [-0.15, -0.1) is 0 Å². The molecule has 2 fully saturated rings. The van der Waals surface area contributed by atoms with Gasteiger partial charge in [-0.05, 0) is 49.3 Å². The van der Waals surface area contributed by atoms with Crippen LogP contribution in [0.1, 0.15) is 75.2 Å². The van der Waals surface area contributed by atoms with Crippen molar-refractivity contribution in [3.8, 4) is 0 Å². The second-order valence-electron chi connectivity index (χ2n) is 8.84. The number of piperidine rings is 1. The van der Waals surface area contributed by atoms with Gasteiger partial charge in [0.1, 0.15) is 6.04 Å². The third-order valence-electron chi connectivity index (χ3n) is 5.89. The molecule has 0 radical (unpaired) electrons. The van der Waals surface area contributed by atoms with E-state index in [2.05, 4.69) is 15.5 Å². The van der Waals surface area contributed by atoms with Gasteiger partial charge in [0, 0.05) is 19.0 Å². The summed E-state index contributed by atoms with van der Waals surface area (Å²) in [5.41, 5.74) is 0.752. The van der Waals surface area contributed by atoms with Crippen LogP contribution >= 0.6 is 0 Å². The Labute approximate surface area is 183 Å². The van der Waals surface area contributed by atoms with Crippen LogP contribution in [0.4, 0.5) is 0 Å². The fourth-order valence-electron chi connectivity index (χ4n) is 3.84. The minimum Gasteiger partial charge on any atom is -0.344 e. The predicted octanol–water partition coefficient (Wildman–Crippen LogP) is 3.18. The highest BCUT2D eigenvalue weighted by atomic mass is 32.2. The van der Waals surface area contributed by atoms with Crippen molar-refractivity contribution in [3.05, 3.63) is 41.5 Å². The van der Waals surface area contributed by atoms with E-state index in [1.807, 2.05) is 13.8 Å². The number of aromatic nitrogens is 2. The van der Waals surface area contributed by atoms with Crippen LogP contribution < -0.4 is 5.32 Å². The highest BCUT2D eigenvalue weighted by Crippen LogP contribution is 2.38. The van der Waals surface area contributed by atoms with Crippen LogP contribution in [0, 0.1) is 5.92 Å². The lowest BCUT2D eigenvalue weighted by atomic mass is 10.0. The molecule has 2 heterocycles. The van der Waals surface area contributed by atoms with Crippen LogP contribution in [-0.2, 0) is 21.2 Å². The Hall–Kier alpha value is -2.26. The van der Waals surface area contributed by atoms with Crippen molar-refractivity contribution >= 4 is 15.9 Å². The first-order valence-electron chi connectivity index (χ1n) is 11.1. The highest BCUT2D eigenvalue weighted by molar-refractivity contribution is 7.89. The molecule has 1 N–H and O–H groups in total. The van der Waals surface area contributed by atoms with Gasteiger partial charge in [-0.25, -0.2) is 8.42 Å². The molecule has 1 aromatic carbocycles. The molecule has 9 heteroatoms. The van der Waals surface area contributed by atoms with Crippen molar-refractivity contribution in [2.75, 3.05) is 13.1 Å². The average molecular weight is 447 g/mol. The molecule has 31 heavy (non-hydrogen) atoms. The number of amides is 1. The first-order valence-corrected chi connectivity index (χ1v) is 12.5. The van der Waals surface area contributed by atoms with Crippen molar-refractivity contribution < 1.29 is 17.7 Å². The number of hydrogen-bond donors (Lipinski definition) is 1. The molecule has 1 aliphatic carbocycles. The van der Waals surface area contributed by atoms with E-state index in [4.69, 9.17) is 4.52 Å². The summed E-state index contributed by atoms with van der Waals surface area (Å²) in [5.74, 6) is 1.47. The summed E-state index contributed by atoms with van der Waals surface area (Å²) in [4.78, 5) is 17.4. The number of nitrogens with zero attached hydrogens (tertiary/aromatic N) is 3. The largest absolute Gasteiger partial charge is 0.344 e. The van der Waals surface area contributed by atoms with E-state index >= 15 is 0 Å². The Morgan fingerprint density at radius 1 is 1.16 bits per heavy atom. The topological polar surface area (TPSA) is 105 Å². The fraction of sp³-hybridized carbons (Fsp3) is 0.591. The summed E-state index contributed by atoms with van der Waals surface area (Å²) >= 11 is 0. The normalized spacial score (nSPS) is 18.8. The SMILES string of the molecule is CC(C)C(NC(=O)Cc1ccc(S(=O)(=O)N2CCCCC2)cc1)c1nc(C2CC2)no1. The molecular formula is C22H30N4O4S. The zero-order chi connectivity index (χ0) is 22.0. The van der Waals surface area contributed by atoms with Crippen molar-refractivity contribution in [1.82, 2.24) is 19.8 Å². The molecule has 2 aromatic rings. The monoisotopic (exact) mass is 446 g/mol. The van der Waals surface area contributed by atoms with Gasteiger partial charge < -0.3 is 9.84 Å². The Kier molecular flexibility index (Phi) is 6.43. The van der Waals surface area contributed by atoms with E-state index in [0.717, 1.165) is 43.5 Å². The molecule has 1 unspecified atom stereocenters. The Morgan fingerprint density at radius 3 is 2.45 bits per heavy atom. The molecule has 168 valence electrons. The average Bonchev–Trinajstić information content (AvgIpc) is 3.50. The van der Waals surface area contributed by atoms with Crippen molar-refractivity contribution in [2.45, 2.75) is 69.2 Å². The van der Waals surface area contributed by atoms with E-state index in [9.17, 15) is 13.2 Å². The van der Waals surface area contributed by atoms with Crippen molar-refractivity contribution in [1.29, 1.82) is 0 Å². The number of hydrogen-bond acceptors (Lipinski definition) is 6. The van der Waals surface area contributed by atoms with Crippen LogP contribution in [0.2, 0.25) is 0 Å². The number of carbonyl (C=O) groups excluding carboxylic acids is 1. The molecule has 1 amide bonds. The van der Waals surface area contributed by atoms with Crippen molar-refractivity contribution in [2.24, 2.45) is 5.92 Å². The van der Waals surface area contributed by atoms with E-state index in [-0.39, 0.29) is 29.2 Å². The first-order chi connectivity index (χ1) is 14.8. The van der Waals surface area contributed by atoms with E-state index in [0.29, 0.717) is 24.9 Å². The number of sulfonamides is 1. The van der Waals surface area contributed by atoms with Crippen LogP contribution in [0.3, 0.4) is 0 Å². The summed E-state index contributed by atoms with van der Waals surface area (Å²) in [6.07, 6.45) is 5.19. The first kappa shape index (κ1) is 22.0. The molecule has 1 atom stereocenters. The molecule has 2 aliphatic rings. The molecule has 1 saturated heterocycles. The van der Waals surface area contributed by atoms with Gasteiger partial charge in [0.15, 0.2) is 5.82 Å². The number of carbonyl (C=O) groups is 1. The molecule has 8 nitrogen and oxygen atoms in total. The van der Waals surface area contributed by atoms with Gasteiger partial charge in [0.2, 0.25) is 21.8 Å². The predicted molar refractivity (Wildman–Crippen MR) is 115 cm³/mol. The maximum Gasteiger partial charge on any atom is 0.249 e. The third kappa shape index (κ3) is 5.15. The minimum absolute atomic E-state index is 0.0912. The number of benzene rings is 1. The maximum absolute atomic E-state index is 12.8. The van der Waals surface area contributed by atoms with E-state index in [1.54, 1.807) is 28.6 Å². The molecule has 1 aromatic heterocycles. The number of nitrogens with one attached hydrogen (secondary N) is 1. The van der Waals surface area contributed by atoms with Gasteiger partial charge in [-0.1, -0.05) is 37.6 Å². The zero-order valence-corrected chi connectivity index (χ0v) is 18.9. The zero-order valence-electron chi connectivity index (χ0n) is 18.1. The molecule has 1 aliphatic heterocycles. The Balaban J connectivity index is 1.39. The summed E-state index contributed by atoms with van der Waals surface area (Å²) < 4.78 is 32.5. The van der Waals surface area contributed by atoms with Gasteiger partial charge in [-0.3, -0.25) is 4.79 Å². The van der Waals surface area contributed by atoms with Gasteiger partial charge in [0.05, 0.1) is 11.3 Å².